The Hall–Kier alpha value is -0.630. The number of rotatable bonds is 3. The van der Waals surface area contributed by atoms with Gasteiger partial charge in [0.05, 0.1) is 11.1 Å². The number of nitrogens with zero attached hydrogens (tertiary/aromatic N) is 2. The number of benzene rings is 1. The molecule has 2 heterocycles. The molecule has 0 amide bonds. The Kier molecular flexibility index (Phi) is 4.54. The van der Waals surface area contributed by atoms with Gasteiger partial charge in [0.15, 0.2) is 0 Å². The van der Waals surface area contributed by atoms with Crippen LogP contribution in [-0.4, -0.2) is 9.97 Å². The lowest BCUT2D eigenvalue weighted by atomic mass is 10.3. The fraction of sp³-hybridized carbons (Fsp3) is 0.143. The molecular weight excluding hydrogens is 440 g/mol. The van der Waals surface area contributed by atoms with Crippen molar-refractivity contribution in [2.45, 2.75) is 13.3 Å². The van der Waals surface area contributed by atoms with E-state index in [0.717, 1.165) is 31.7 Å². The topological polar surface area (TPSA) is 37.8 Å². The molecule has 3 nitrogen and oxygen atoms in total. The van der Waals surface area contributed by atoms with Crippen LogP contribution >= 0.6 is 57.1 Å². The third-order valence-electron chi connectivity index (χ3n) is 2.95. The van der Waals surface area contributed by atoms with Crippen LogP contribution in [0.3, 0.4) is 0 Å². The molecule has 0 bridgehead atoms. The number of hydrogen-bond donors (Lipinski definition) is 1. The summed E-state index contributed by atoms with van der Waals surface area (Å²) in [5.74, 6) is 0.723. The van der Waals surface area contributed by atoms with Crippen LogP contribution in [0.4, 0.5) is 11.5 Å². The number of halogens is 3. The van der Waals surface area contributed by atoms with Crippen LogP contribution in [0.15, 0.2) is 24.3 Å². The Balaban J connectivity index is 2.08. The maximum absolute atomic E-state index is 6.03. The lowest BCUT2D eigenvalue weighted by molar-refractivity contribution is 1.19. The zero-order valence-electron chi connectivity index (χ0n) is 11.0. The molecule has 1 aromatic carbocycles. The van der Waals surface area contributed by atoms with Crippen molar-refractivity contribution in [2.75, 3.05) is 5.32 Å². The molecule has 0 atom stereocenters. The number of fused-ring (bicyclic) bond motifs is 1. The molecule has 0 unspecified atom stereocenters. The van der Waals surface area contributed by atoms with E-state index in [1.165, 1.54) is 4.88 Å². The van der Waals surface area contributed by atoms with Crippen molar-refractivity contribution in [3.8, 4) is 0 Å². The molecule has 0 aliphatic rings. The van der Waals surface area contributed by atoms with Crippen molar-refractivity contribution in [1.82, 2.24) is 9.97 Å². The summed E-state index contributed by atoms with van der Waals surface area (Å²) in [5, 5.41) is 5.27. The second-order valence-electron chi connectivity index (χ2n) is 4.38. The Bertz CT molecular complexity index is 819. The Morgan fingerprint density at radius 1 is 1.24 bits per heavy atom. The van der Waals surface area contributed by atoms with E-state index in [9.17, 15) is 0 Å². The molecule has 0 aliphatic heterocycles. The van der Waals surface area contributed by atoms with Gasteiger partial charge in [-0.1, -0.05) is 18.5 Å². The molecular formula is C14H10Cl2IN3S. The predicted octanol–water partition coefficient (Wildman–Crippen LogP) is 5.91. The zero-order valence-corrected chi connectivity index (χ0v) is 15.4. The number of hydrogen-bond acceptors (Lipinski definition) is 4. The van der Waals surface area contributed by atoms with Crippen LogP contribution in [0.1, 0.15) is 11.8 Å². The van der Waals surface area contributed by atoms with Gasteiger partial charge < -0.3 is 5.32 Å². The first-order valence-corrected chi connectivity index (χ1v) is 8.90. The Morgan fingerprint density at radius 2 is 2.05 bits per heavy atom. The fourth-order valence-electron chi connectivity index (χ4n) is 1.93. The average Bonchev–Trinajstić information content (AvgIpc) is 2.85. The number of aromatic nitrogens is 2. The molecule has 0 aliphatic carbocycles. The highest BCUT2D eigenvalue weighted by Gasteiger charge is 2.12. The van der Waals surface area contributed by atoms with Gasteiger partial charge in [-0.3, -0.25) is 0 Å². The highest BCUT2D eigenvalue weighted by Crippen LogP contribution is 2.33. The number of thiophene rings is 1. The van der Waals surface area contributed by atoms with E-state index in [4.69, 9.17) is 23.2 Å². The van der Waals surface area contributed by atoms with Gasteiger partial charge in [0.25, 0.3) is 0 Å². The lowest BCUT2D eigenvalue weighted by Gasteiger charge is -2.09. The van der Waals surface area contributed by atoms with Crippen LogP contribution in [0, 0.1) is 3.57 Å². The van der Waals surface area contributed by atoms with E-state index in [1.54, 1.807) is 11.3 Å². The molecule has 0 saturated heterocycles. The fourth-order valence-corrected chi connectivity index (χ4v) is 4.13. The van der Waals surface area contributed by atoms with E-state index >= 15 is 0 Å². The summed E-state index contributed by atoms with van der Waals surface area (Å²) in [5.41, 5.74) is 0.945. The van der Waals surface area contributed by atoms with Gasteiger partial charge in [-0.15, -0.1) is 11.3 Å². The highest BCUT2D eigenvalue weighted by molar-refractivity contribution is 14.1. The van der Waals surface area contributed by atoms with Crippen LogP contribution in [0.25, 0.3) is 10.2 Å². The van der Waals surface area contributed by atoms with Gasteiger partial charge >= 0.3 is 0 Å². The monoisotopic (exact) mass is 449 g/mol. The summed E-state index contributed by atoms with van der Waals surface area (Å²) in [7, 11) is 0. The second-order valence-corrected chi connectivity index (χ2v) is 7.43. The smallest absolute Gasteiger partial charge is 0.225 e. The molecule has 3 aromatic rings. The number of nitrogens with one attached hydrogen (secondary N) is 1. The highest BCUT2D eigenvalue weighted by atomic mass is 127. The molecule has 3 rings (SSSR count). The minimum absolute atomic E-state index is 0.249. The summed E-state index contributed by atoms with van der Waals surface area (Å²) < 4.78 is 1.02. The first-order valence-electron chi connectivity index (χ1n) is 6.25. The first kappa shape index (κ1) is 15.3. The van der Waals surface area contributed by atoms with E-state index < -0.39 is 0 Å². The van der Waals surface area contributed by atoms with Gasteiger partial charge in [0.2, 0.25) is 5.28 Å². The summed E-state index contributed by atoms with van der Waals surface area (Å²) in [6, 6.07) is 7.78. The number of anilines is 2. The van der Waals surface area contributed by atoms with Gasteiger partial charge in [-0.2, -0.15) is 4.98 Å². The third-order valence-corrected chi connectivity index (χ3v) is 5.42. The van der Waals surface area contributed by atoms with E-state index in [0.29, 0.717) is 5.02 Å². The summed E-state index contributed by atoms with van der Waals surface area (Å²) in [4.78, 5) is 10.8. The maximum Gasteiger partial charge on any atom is 0.225 e. The van der Waals surface area contributed by atoms with E-state index in [1.807, 2.05) is 18.2 Å². The van der Waals surface area contributed by atoms with Crippen molar-refractivity contribution in [3.63, 3.8) is 0 Å². The lowest BCUT2D eigenvalue weighted by Crippen LogP contribution is -1.97. The summed E-state index contributed by atoms with van der Waals surface area (Å²) >= 11 is 15.9. The van der Waals surface area contributed by atoms with Gasteiger partial charge in [0.1, 0.15) is 10.6 Å². The van der Waals surface area contributed by atoms with Crippen LogP contribution < -0.4 is 5.32 Å². The quantitative estimate of drug-likeness (QED) is 0.399. The summed E-state index contributed by atoms with van der Waals surface area (Å²) in [6.45, 7) is 2.12. The molecule has 0 spiro atoms. The molecule has 108 valence electrons. The molecule has 0 fully saturated rings. The van der Waals surface area contributed by atoms with Crippen molar-refractivity contribution in [1.29, 1.82) is 0 Å². The van der Waals surface area contributed by atoms with Crippen molar-refractivity contribution in [2.24, 2.45) is 0 Å². The van der Waals surface area contributed by atoms with E-state index in [-0.39, 0.29) is 5.28 Å². The standard InChI is InChI=1S/C14H10Cl2IN3S/c1-2-8-6-9-12(19-14(16)20-13(9)21-8)18-11-4-3-7(15)5-10(11)17/h3-6H,2H2,1H3,(H,18,19,20). The molecule has 2 aromatic heterocycles. The normalized spacial score (nSPS) is 11.0. The predicted molar refractivity (Wildman–Crippen MR) is 99.3 cm³/mol. The maximum atomic E-state index is 6.03. The molecule has 7 heteroatoms. The third kappa shape index (κ3) is 3.26. The van der Waals surface area contributed by atoms with Gasteiger partial charge in [-0.25, -0.2) is 4.98 Å². The average molecular weight is 450 g/mol. The van der Waals surface area contributed by atoms with E-state index in [2.05, 4.69) is 50.9 Å². The van der Waals surface area contributed by atoms with Crippen molar-refractivity contribution < 1.29 is 0 Å². The Labute approximate surface area is 149 Å². The van der Waals surface area contributed by atoms with Gasteiger partial charge in [0, 0.05) is 13.5 Å². The Morgan fingerprint density at radius 3 is 2.76 bits per heavy atom. The largest absolute Gasteiger partial charge is 0.339 e. The minimum Gasteiger partial charge on any atom is -0.339 e. The second kappa shape index (κ2) is 6.24. The molecule has 1 N–H and O–H groups in total. The zero-order chi connectivity index (χ0) is 15.0. The van der Waals surface area contributed by atoms with Crippen LogP contribution in [0.2, 0.25) is 10.3 Å². The van der Waals surface area contributed by atoms with Crippen LogP contribution in [0.5, 0.6) is 0 Å². The molecule has 0 saturated carbocycles. The minimum atomic E-state index is 0.249. The van der Waals surface area contributed by atoms with Crippen molar-refractivity contribution in [3.05, 3.63) is 43.0 Å². The van der Waals surface area contributed by atoms with Gasteiger partial charge in [-0.05, 0) is 64.9 Å². The SMILES string of the molecule is CCc1cc2c(Nc3ccc(Cl)cc3I)nc(Cl)nc2s1. The first-order chi connectivity index (χ1) is 10.1. The molecule has 0 radical (unpaired) electrons. The van der Waals surface area contributed by atoms with Crippen molar-refractivity contribution >= 4 is 78.9 Å². The van der Waals surface area contributed by atoms with Crippen LogP contribution in [-0.2, 0) is 6.42 Å². The summed E-state index contributed by atoms with van der Waals surface area (Å²) in [6.07, 6.45) is 0.969. The number of aryl methyl sites for hydroxylation is 1. The molecule has 21 heavy (non-hydrogen) atoms.